The first kappa shape index (κ1) is 10.9. The van der Waals surface area contributed by atoms with Crippen molar-refractivity contribution in [3.8, 4) is 5.75 Å². The summed E-state index contributed by atoms with van der Waals surface area (Å²) in [4.78, 5) is 17.6. The highest BCUT2D eigenvalue weighted by atomic mass is 16.3. The monoisotopic (exact) mass is 220 g/mol. The molecule has 1 unspecified atom stereocenters. The molecule has 2 rings (SSSR count). The van der Waals surface area contributed by atoms with Crippen molar-refractivity contribution in [1.82, 2.24) is 9.88 Å². The zero-order chi connectivity index (χ0) is 11.7. The maximum absolute atomic E-state index is 12.0. The Morgan fingerprint density at radius 1 is 1.62 bits per heavy atom. The maximum Gasteiger partial charge on any atom is 0.276 e. The Bertz CT molecular complexity index is 402. The Balaban J connectivity index is 2.15. The molecule has 0 bridgehead atoms. The van der Waals surface area contributed by atoms with Crippen molar-refractivity contribution >= 4 is 5.91 Å². The lowest BCUT2D eigenvalue weighted by atomic mass is 10.1. The maximum atomic E-state index is 12.0. The molecule has 1 amide bonds. The van der Waals surface area contributed by atoms with E-state index in [9.17, 15) is 9.90 Å². The van der Waals surface area contributed by atoms with E-state index in [2.05, 4.69) is 4.98 Å². The summed E-state index contributed by atoms with van der Waals surface area (Å²) >= 11 is 0. The van der Waals surface area contributed by atoms with Gasteiger partial charge in [-0.15, -0.1) is 0 Å². The molecular weight excluding hydrogens is 204 g/mol. The fourth-order valence-corrected chi connectivity index (χ4v) is 1.81. The molecule has 1 fully saturated rings. The van der Waals surface area contributed by atoms with E-state index < -0.39 is 0 Å². The quantitative estimate of drug-likeness (QED) is 0.842. The average molecular weight is 220 g/mol. The molecule has 1 aliphatic carbocycles. The molecule has 0 aromatic carbocycles. The molecule has 1 saturated carbocycles. The minimum Gasteiger partial charge on any atom is -0.505 e. The van der Waals surface area contributed by atoms with Crippen molar-refractivity contribution in [3.05, 3.63) is 24.0 Å². The zero-order valence-corrected chi connectivity index (χ0v) is 9.55. The van der Waals surface area contributed by atoms with Crippen LogP contribution in [0.4, 0.5) is 0 Å². The lowest BCUT2D eigenvalue weighted by molar-refractivity contribution is 0.0718. The number of amides is 1. The van der Waals surface area contributed by atoms with Crippen LogP contribution in [0.5, 0.6) is 5.75 Å². The van der Waals surface area contributed by atoms with Gasteiger partial charge in [0.05, 0.1) is 0 Å². The first-order valence-electron chi connectivity index (χ1n) is 5.52. The zero-order valence-electron chi connectivity index (χ0n) is 9.55. The van der Waals surface area contributed by atoms with Crippen LogP contribution >= 0.6 is 0 Å². The van der Waals surface area contributed by atoms with E-state index in [1.54, 1.807) is 18.0 Å². The summed E-state index contributed by atoms with van der Waals surface area (Å²) in [6, 6.07) is 3.31. The van der Waals surface area contributed by atoms with Crippen LogP contribution in [0.15, 0.2) is 18.3 Å². The van der Waals surface area contributed by atoms with E-state index in [-0.39, 0.29) is 23.4 Å². The fraction of sp³-hybridized carbons (Fsp3) is 0.500. The summed E-state index contributed by atoms with van der Waals surface area (Å²) in [5, 5.41) is 9.56. The molecule has 4 nitrogen and oxygen atoms in total. The fourth-order valence-electron chi connectivity index (χ4n) is 1.81. The summed E-state index contributed by atoms with van der Waals surface area (Å²) in [5.41, 5.74) is 0.137. The Morgan fingerprint density at radius 2 is 2.31 bits per heavy atom. The van der Waals surface area contributed by atoms with Crippen molar-refractivity contribution in [3.63, 3.8) is 0 Å². The topological polar surface area (TPSA) is 53.4 Å². The summed E-state index contributed by atoms with van der Waals surface area (Å²) in [7, 11) is 1.76. The summed E-state index contributed by atoms with van der Waals surface area (Å²) in [6.45, 7) is 2.04. The van der Waals surface area contributed by atoms with Crippen molar-refractivity contribution < 1.29 is 9.90 Å². The van der Waals surface area contributed by atoms with Gasteiger partial charge in [-0.05, 0) is 37.8 Å². The second-order valence-corrected chi connectivity index (χ2v) is 4.37. The molecule has 1 atom stereocenters. The largest absolute Gasteiger partial charge is 0.505 e. The molecule has 0 aliphatic heterocycles. The molecule has 0 spiro atoms. The Morgan fingerprint density at radius 3 is 2.88 bits per heavy atom. The predicted molar refractivity (Wildman–Crippen MR) is 60.2 cm³/mol. The highest BCUT2D eigenvalue weighted by molar-refractivity contribution is 5.94. The summed E-state index contributed by atoms with van der Waals surface area (Å²) in [6.07, 6.45) is 3.89. The van der Waals surface area contributed by atoms with Crippen molar-refractivity contribution in [2.24, 2.45) is 5.92 Å². The second-order valence-electron chi connectivity index (χ2n) is 4.37. The molecular formula is C12H16N2O2. The molecule has 1 aromatic rings. The van der Waals surface area contributed by atoms with Gasteiger partial charge < -0.3 is 10.0 Å². The SMILES string of the molecule is CC(C1CC1)N(C)C(=O)c1ncccc1O. The van der Waals surface area contributed by atoms with Crippen LogP contribution in [0.3, 0.4) is 0 Å². The van der Waals surface area contributed by atoms with E-state index in [1.807, 2.05) is 6.92 Å². The van der Waals surface area contributed by atoms with Gasteiger partial charge in [-0.2, -0.15) is 0 Å². The van der Waals surface area contributed by atoms with Gasteiger partial charge in [0.15, 0.2) is 5.69 Å². The Hall–Kier alpha value is -1.58. The molecule has 1 aromatic heterocycles. The number of aromatic nitrogens is 1. The molecule has 1 heterocycles. The third kappa shape index (κ3) is 2.01. The first-order valence-corrected chi connectivity index (χ1v) is 5.52. The van der Waals surface area contributed by atoms with Crippen LogP contribution in [0, 0.1) is 5.92 Å². The van der Waals surface area contributed by atoms with Crippen molar-refractivity contribution in [2.45, 2.75) is 25.8 Å². The van der Waals surface area contributed by atoms with E-state index in [0.717, 1.165) is 0 Å². The van der Waals surface area contributed by atoms with Gasteiger partial charge >= 0.3 is 0 Å². The minimum absolute atomic E-state index is 0.0534. The number of carbonyl (C=O) groups excluding carboxylic acids is 1. The molecule has 0 saturated heterocycles. The average Bonchev–Trinajstić information content (AvgIpc) is 3.11. The van der Waals surface area contributed by atoms with Crippen LogP contribution in [0.25, 0.3) is 0 Å². The normalized spacial score (nSPS) is 16.9. The van der Waals surface area contributed by atoms with Gasteiger partial charge in [-0.1, -0.05) is 0 Å². The Kier molecular flexibility index (Phi) is 2.81. The number of rotatable bonds is 3. The number of aromatic hydroxyl groups is 1. The van der Waals surface area contributed by atoms with Gasteiger partial charge in [0, 0.05) is 19.3 Å². The summed E-state index contributed by atoms with van der Waals surface area (Å²) in [5.74, 6) is 0.347. The molecule has 1 aliphatic rings. The number of carbonyl (C=O) groups is 1. The number of nitrogens with zero attached hydrogens (tertiary/aromatic N) is 2. The van der Waals surface area contributed by atoms with Gasteiger partial charge in [0.2, 0.25) is 0 Å². The third-order valence-corrected chi connectivity index (χ3v) is 3.22. The van der Waals surface area contributed by atoms with Gasteiger partial charge in [-0.25, -0.2) is 4.98 Å². The van der Waals surface area contributed by atoms with E-state index >= 15 is 0 Å². The molecule has 0 radical (unpaired) electrons. The summed E-state index contributed by atoms with van der Waals surface area (Å²) < 4.78 is 0. The van der Waals surface area contributed by atoms with Gasteiger partial charge in [0.25, 0.3) is 5.91 Å². The van der Waals surface area contributed by atoms with Crippen LogP contribution in [-0.2, 0) is 0 Å². The highest BCUT2D eigenvalue weighted by Gasteiger charge is 2.33. The minimum atomic E-state index is -0.211. The molecule has 16 heavy (non-hydrogen) atoms. The number of hydrogen-bond donors (Lipinski definition) is 1. The van der Waals surface area contributed by atoms with E-state index in [0.29, 0.717) is 5.92 Å². The Labute approximate surface area is 94.9 Å². The predicted octanol–water partition coefficient (Wildman–Crippen LogP) is 1.66. The van der Waals surface area contributed by atoms with Gasteiger partial charge in [0.1, 0.15) is 5.75 Å². The smallest absolute Gasteiger partial charge is 0.276 e. The molecule has 86 valence electrons. The molecule has 1 N–H and O–H groups in total. The lowest BCUT2D eigenvalue weighted by Gasteiger charge is -2.24. The van der Waals surface area contributed by atoms with Crippen molar-refractivity contribution in [2.75, 3.05) is 7.05 Å². The lowest BCUT2D eigenvalue weighted by Crippen LogP contribution is -2.36. The van der Waals surface area contributed by atoms with Crippen LogP contribution in [0.1, 0.15) is 30.3 Å². The van der Waals surface area contributed by atoms with Crippen LogP contribution < -0.4 is 0 Å². The van der Waals surface area contributed by atoms with Crippen LogP contribution in [-0.4, -0.2) is 34.0 Å². The molecule has 4 heteroatoms. The van der Waals surface area contributed by atoms with Crippen LogP contribution in [0.2, 0.25) is 0 Å². The number of hydrogen-bond acceptors (Lipinski definition) is 3. The van der Waals surface area contributed by atoms with E-state index in [4.69, 9.17) is 0 Å². The standard InChI is InChI=1S/C12H16N2O2/c1-8(9-5-6-9)14(2)12(16)11-10(15)4-3-7-13-11/h3-4,7-9,15H,5-6H2,1-2H3. The van der Waals surface area contributed by atoms with E-state index in [1.165, 1.54) is 25.1 Å². The second kappa shape index (κ2) is 4.12. The van der Waals surface area contributed by atoms with Gasteiger partial charge in [-0.3, -0.25) is 4.79 Å². The van der Waals surface area contributed by atoms with Crippen molar-refractivity contribution in [1.29, 1.82) is 0 Å². The highest BCUT2D eigenvalue weighted by Crippen LogP contribution is 2.35. The number of pyridine rings is 1. The first-order chi connectivity index (χ1) is 7.61. The third-order valence-electron chi connectivity index (χ3n) is 3.22.